The molecule has 7 rings (SSSR count). The molecule has 0 atom stereocenters. The Hall–Kier alpha value is -3.62. The van der Waals surface area contributed by atoms with E-state index in [1.165, 1.54) is 0 Å². The molecular weight excluding hydrogens is 456 g/mol. The van der Waals surface area contributed by atoms with Crippen LogP contribution >= 0.6 is 15.9 Å². The van der Waals surface area contributed by atoms with Crippen LogP contribution in [0.4, 0.5) is 0 Å². The molecule has 150 valence electrons. The number of hydrogen-bond acceptors (Lipinski definition) is 1. The summed E-state index contributed by atoms with van der Waals surface area (Å²) in [5.41, 5.74) is 2.07. The van der Waals surface area contributed by atoms with Gasteiger partial charge in [-0.3, -0.25) is 0 Å². The molecule has 0 saturated carbocycles. The highest BCUT2D eigenvalue weighted by molar-refractivity contribution is 9.10. The van der Waals surface area contributed by atoms with Crippen LogP contribution in [-0.4, -0.2) is 0 Å². The van der Waals surface area contributed by atoms with Crippen LogP contribution in [0.1, 0.15) is 11.0 Å². The second kappa shape index (κ2) is 6.69. The average molecular weight is 481 g/mol. The first-order valence-electron chi connectivity index (χ1n) is 14.1. The second-order valence-corrected chi connectivity index (χ2v) is 8.46. The Morgan fingerprint density at radius 1 is 0.625 bits per heavy atom. The predicted molar refractivity (Wildman–Crippen MR) is 139 cm³/mol. The van der Waals surface area contributed by atoms with E-state index in [9.17, 15) is 0 Å². The van der Waals surface area contributed by atoms with Crippen LogP contribution in [0.5, 0.6) is 0 Å². The molecule has 0 aliphatic carbocycles. The van der Waals surface area contributed by atoms with Crippen LogP contribution in [-0.2, 0) is 0 Å². The molecule has 7 aromatic rings. The molecule has 0 radical (unpaired) electrons. The van der Waals surface area contributed by atoms with Crippen LogP contribution in [0, 0.1) is 0 Å². The van der Waals surface area contributed by atoms with Gasteiger partial charge in [0.25, 0.3) is 0 Å². The lowest BCUT2D eigenvalue weighted by Crippen LogP contribution is -1.87. The Balaban J connectivity index is 1.71. The van der Waals surface area contributed by atoms with Gasteiger partial charge in [-0.2, -0.15) is 0 Å². The van der Waals surface area contributed by atoms with Crippen molar-refractivity contribution >= 4 is 70.2 Å². The molecule has 1 nitrogen and oxygen atoms in total. The van der Waals surface area contributed by atoms with Crippen molar-refractivity contribution < 1.29 is 15.4 Å². The zero-order valence-electron chi connectivity index (χ0n) is 24.5. The van der Waals surface area contributed by atoms with E-state index in [1.807, 2.05) is 42.5 Å². The fraction of sp³-hybridized carbons (Fsp3) is 0. The van der Waals surface area contributed by atoms with Crippen LogP contribution in [0.15, 0.2) is 112 Å². The monoisotopic (exact) mass is 480 g/mol. The van der Waals surface area contributed by atoms with E-state index in [1.54, 1.807) is 12.1 Å². The maximum absolute atomic E-state index is 8.82. The van der Waals surface area contributed by atoms with Crippen molar-refractivity contribution in [2.75, 3.05) is 0 Å². The van der Waals surface area contributed by atoms with Gasteiger partial charge in [0.1, 0.15) is 11.2 Å². The molecule has 0 unspecified atom stereocenters. The van der Waals surface area contributed by atoms with Crippen molar-refractivity contribution in [2.45, 2.75) is 0 Å². The standard InChI is InChI=1S/C30H17BrO/c31-29-24-11-5-3-9-22(24)28(23-10-4-6-12-25(23)29)19-14-15-21-26-16-13-18-7-1-2-8-20(18)30(26)32-27(21)17-19/h1-17H/i3D,4D,5D,6D,9D,10D,11D,12D. The van der Waals surface area contributed by atoms with E-state index >= 15 is 0 Å². The summed E-state index contributed by atoms with van der Waals surface area (Å²) in [6, 6.07) is 14.5. The molecule has 0 amide bonds. The Bertz CT molecular complexity index is 2190. The van der Waals surface area contributed by atoms with Crippen molar-refractivity contribution in [2.24, 2.45) is 0 Å². The number of benzene rings is 6. The lowest BCUT2D eigenvalue weighted by molar-refractivity contribution is 0.673. The third-order valence-corrected chi connectivity index (χ3v) is 6.76. The quantitative estimate of drug-likeness (QED) is 0.213. The van der Waals surface area contributed by atoms with E-state index in [2.05, 4.69) is 15.9 Å². The highest BCUT2D eigenvalue weighted by atomic mass is 79.9. The average Bonchev–Trinajstić information content (AvgIpc) is 3.34. The molecule has 0 N–H and O–H groups in total. The van der Waals surface area contributed by atoms with Gasteiger partial charge in [0.05, 0.1) is 11.0 Å². The summed E-state index contributed by atoms with van der Waals surface area (Å²) < 4.78 is 74.8. The summed E-state index contributed by atoms with van der Waals surface area (Å²) in [5.74, 6) is 0. The first-order valence-corrected chi connectivity index (χ1v) is 10.9. The molecule has 0 saturated heterocycles. The number of rotatable bonds is 1. The van der Waals surface area contributed by atoms with E-state index in [4.69, 9.17) is 15.4 Å². The predicted octanol–water partition coefficient (Wildman–Crippen LogP) is 9.48. The van der Waals surface area contributed by atoms with Crippen molar-refractivity contribution in [3.05, 3.63) is 107 Å². The third-order valence-electron chi connectivity index (χ3n) is 5.97. The molecule has 0 bridgehead atoms. The zero-order valence-corrected chi connectivity index (χ0v) is 18.1. The van der Waals surface area contributed by atoms with Gasteiger partial charge in [-0.1, -0.05) is 84.7 Å². The maximum Gasteiger partial charge on any atom is 0.143 e. The molecule has 0 spiro atoms. The third kappa shape index (κ3) is 2.44. The molecule has 2 heteroatoms. The summed E-state index contributed by atoms with van der Waals surface area (Å²) in [5, 5.41) is 4.40. The summed E-state index contributed by atoms with van der Waals surface area (Å²) in [7, 11) is 0. The Kier molecular flexibility index (Phi) is 2.48. The van der Waals surface area contributed by atoms with Gasteiger partial charge >= 0.3 is 0 Å². The number of halogens is 1. The molecule has 0 aliphatic rings. The minimum absolute atomic E-state index is 0.147. The number of hydrogen-bond donors (Lipinski definition) is 0. The molecule has 1 heterocycles. The minimum atomic E-state index is -0.429. The number of furan rings is 1. The molecule has 32 heavy (non-hydrogen) atoms. The molecular formula is C30H17BrO. The van der Waals surface area contributed by atoms with Gasteiger partial charge in [0.2, 0.25) is 0 Å². The van der Waals surface area contributed by atoms with E-state index < -0.39 is 24.2 Å². The van der Waals surface area contributed by atoms with Crippen LogP contribution in [0.2, 0.25) is 0 Å². The topological polar surface area (TPSA) is 13.1 Å². The van der Waals surface area contributed by atoms with Gasteiger partial charge in [-0.05, 0) is 72.2 Å². The van der Waals surface area contributed by atoms with Gasteiger partial charge < -0.3 is 4.42 Å². The lowest BCUT2D eigenvalue weighted by atomic mass is 9.91. The zero-order chi connectivity index (χ0) is 28.2. The highest BCUT2D eigenvalue weighted by Crippen LogP contribution is 2.43. The fourth-order valence-corrected chi connectivity index (χ4v) is 5.12. The summed E-state index contributed by atoms with van der Waals surface area (Å²) in [4.78, 5) is 0. The Morgan fingerprint density at radius 3 is 2.03 bits per heavy atom. The Labute approximate surface area is 204 Å². The van der Waals surface area contributed by atoms with Gasteiger partial charge in [0.15, 0.2) is 0 Å². The van der Waals surface area contributed by atoms with Gasteiger partial charge in [0, 0.05) is 20.6 Å². The first kappa shape index (κ1) is 11.8. The van der Waals surface area contributed by atoms with E-state index in [-0.39, 0.29) is 50.2 Å². The van der Waals surface area contributed by atoms with Gasteiger partial charge in [-0.25, -0.2) is 0 Å². The van der Waals surface area contributed by atoms with Crippen molar-refractivity contribution in [3.63, 3.8) is 0 Å². The second-order valence-electron chi connectivity index (χ2n) is 7.67. The Morgan fingerprint density at radius 2 is 1.28 bits per heavy atom. The summed E-state index contributed by atoms with van der Waals surface area (Å²) in [6.07, 6.45) is 0. The molecule has 0 aliphatic heterocycles. The van der Waals surface area contributed by atoms with E-state index in [0.29, 0.717) is 16.7 Å². The molecule has 1 aromatic heterocycles. The summed E-state index contributed by atoms with van der Waals surface area (Å²) in [6.45, 7) is 0. The van der Waals surface area contributed by atoms with Crippen LogP contribution in [0.3, 0.4) is 0 Å². The molecule has 6 aromatic carbocycles. The maximum atomic E-state index is 8.82. The lowest BCUT2D eigenvalue weighted by Gasteiger charge is -2.14. The SMILES string of the molecule is [2H]c1c([2H])c([2H])c2c(-c3ccc4c(c3)oc3c5ccccc5ccc43)c3c([2H])c([2H])c([2H])c([2H])c3c(Br)c2c1[2H]. The first-order chi connectivity index (χ1) is 19.1. The van der Waals surface area contributed by atoms with Crippen molar-refractivity contribution in [3.8, 4) is 11.1 Å². The van der Waals surface area contributed by atoms with Gasteiger partial charge in [-0.15, -0.1) is 0 Å². The summed E-state index contributed by atoms with van der Waals surface area (Å²) >= 11 is 3.45. The minimum Gasteiger partial charge on any atom is -0.455 e. The van der Waals surface area contributed by atoms with Crippen LogP contribution < -0.4 is 0 Å². The van der Waals surface area contributed by atoms with Crippen molar-refractivity contribution in [1.82, 2.24) is 0 Å². The molecule has 0 fully saturated rings. The number of fused-ring (bicyclic) bond motifs is 7. The van der Waals surface area contributed by atoms with E-state index in [0.717, 1.165) is 27.1 Å². The fourth-order valence-electron chi connectivity index (χ4n) is 4.53. The highest BCUT2D eigenvalue weighted by Gasteiger charge is 2.16. The smallest absolute Gasteiger partial charge is 0.143 e. The van der Waals surface area contributed by atoms with Crippen LogP contribution in [0.25, 0.3) is 65.4 Å². The normalized spacial score (nSPS) is 15.4. The largest absolute Gasteiger partial charge is 0.455 e. The van der Waals surface area contributed by atoms with Crippen molar-refractivity contribution in [1.29, 1.82) is 0 Å².